The molecule has 78 valence electrons. The molecule has 0 aromatic carbocycles. The highest BCUT2D eigenvalue weighted by Gasteiger charge is 2.47. The van der Waals surface area contributed by atoms with Gasteiger partial charge >= 0.3 is 0 Å². The molecule has 0 radical (unpaired) electrons. The summed E-state index contributed by atoms with van der Waals surface area (Å²) in [5.74, 6) is 0.651. The fraction of sp³-hybridized carbons (Fsp3) is 1.00. The number of aliphatic hydroxyl groups excluding tert-OH is 1. The normalized spacial score (nSPS) is 22.6. The van der Waals surface area contributed by atoms with Crippen LogP contribution >= 0.6 is 0 Å². The van der Waals surface area contributed by atoms with Crippen molar-refractivity contribution in [2.45, 2.75) is 53.4 Å². The molecule has 0 spiro atoms. The number of hydrogen-bond acceptors (Lipinski definition) is 1. The summed E-state index contributed by atoms with van der Waals surface area (Å²) in [6.07, 6.45) is 5.04. The Morgan fingerprint density at radius 3 is 2.00 bits per heavy atom. The van der Waals surface area contributed by atoms with Gasteiger partial charge in [-0.15, -0.1) is 0 Å². The van der Waals surface area contributed by atoms with Gasteiger partial charge in [-0.05, 0) is 29.6 Å². The first-order valence-electron chi connectivity index (χ1n) is 5.57. The molecule has 0 unspecified atom stereocenters. The standard InChI is InChI=1S/C12H24O/c1-10(2)11(3,4)12(9-13)7-5-6-8-12/h10,13H,5-9H2,1-4H3. The zero-order chi connectivity index (χ0) is 10.1. The summed E-state index contributed by atoms with van der Waals surface area (Å²) < 4.78 is 0. The van der Waals surface area contributed by atoms with E-state index in [0.29, 0.717) is 12.5 Å². The third-order valence-corrected chi connectivity index (χ3v) is 4.67. The Kier molecular flexibility index (Phi) is 3.06. The molecule has 0 aromatic heterocycles. The van der Waals surface area contributed by atoms with Crippen LogP contribution in [0.25, 0.3) is 0 Å². The van der Waals surface area contributed by atoms with E-state index in [-0.39, 0.29) is 10.8 Å². The highest BCUT2D eigenvalue weighted by atomic mass is 16.3. The summed E-state index contributed by atoms with van der Waals surface area (Å²) in [6.45, 7) is 9.56. The highest BCUT2D eigenvalue weighted by molar-refractivity contribution is 4.97. The zero-order valence-corrected chi connectivity index (χ0v) is 9.56. The molecule has 1 N–H and O–H groups in total. The van der Waals surface area contributed by atoms with Crippen LogP contribution in [-0.4, -0.2) is 11.7 Å². The fourth-order valence-corrected chi connectivity index (χ4v) is 2.67. The van der Waals surface area contributed by atoms with Crippen molar-refractivity contribution in [1.82, 2.24) is 0 Å². The molecule has 0 saturated heterocycles. The lowest BCUT2D eigenvalue weighted by Gasteiger charge is -2.46. The Morgan fingerprint density at radius 1 is 1.23 bits per heavy atom. The van der Waals surface area contributed by atoms with E-state index in [0.717, 1.165) is 0 Å². The molecule has 1 fully saturated rings. The minimum Gasteiger partial charge on any atom is -0.396 e. The zero-order valence-electron chi connectivity index (χ0n) is 9.56. The minimum atomic E-state index is 0.209. The van der Waals surface area contributed by atoms with Gasteiger partial charge in [-0.25, -0.2) is 0 Å². The maximum atomic E-state index is 9.60. The Hall–Kier alpha value is -0.0400. The predicted molar refractivity (Wildman–Crippen MR) is 56.6 cm³/mol. The van der Waals surface area contributed by atoms with Gasteiger partial charge in [0.1, 0.15) is 0 Å². The number of rotatable bonds is 3. The van der Waals surface area contributed by atoms with Crippen molar-refractivity contribution >= 4 is 0 Å². The third kappa shape index (κ3) is 1.63. The molecule has 1 rings (SSSR count). The molecular formula is C12H24O. The van der Waals surface area contributed by atoms with Gasteiger partial charge in [0.25, 0.3) is 0 Å². The topological polar surface area (TPSA) is 20.2 Å². The lowest BCUT2D eigenvalue weighted by atomic mass is 9.59. The second-order valence-corrected chi connectivity index (χ2v) is 5.52. The first kappa shape index (κ1) is 11.0. The van der Waals surface area contributed by atoms with Gasteiger partial charge in [-0.3, -0.25) is 0 Å². The maximum Gasteiger partial charge on any atom is 0.0492 e. The van der Waals surface area contributed by atoms with E-state index in [4.69, 9.17) is 0 Å². The molecule has 1 aliphatic rings. The second kappa shape index (κ2) is 3.61. The molecule has 0 atom stereocenters. The smallest absolute Gasteiger partial charge is 0.0492 e. The molecule has 0 heterocycles. The van der Waals surface area contributed by atoms with Crippen LogP contribution in [0, 0.1) is 16.7 Å². The Bertz CT molecular complexity index is 164. The van der Waals surface area contributed by atoms with Gasteiger partial charge in [-0.2, -0.15) is 0 Å². The predicted octanol–water partition coefficient (Wildman–Crippen LogP) is 3.22. The molecule has 1 saturated carbocycles. The van der Waals surface area contributed by atoms with Crippen LogP contribution in [0.15, 0.2) is 0 Å². The molecule has 0 bridgehead atoms. The average Bonchev–Trinajstić information content (AvgIpc) is 2.53. The van der Waals surface area contributed by atoms with E-state index in [1.807, 2.05) is 0 Å². The first-order chi connectivity index (χ1) is 5.96. The van der Waals surface area contributed by atoms with Crippen LogP contribution in [-0.2, 0) is 0 Å². The molecule has 1 heteroatoms. The summed E-state index contributed by atoms with van der Waals surface area (Å²) in [7, 11) is 0. The molecule has 1 aliphatic carbocycles. The van der Waals surface area contributed by atoms with Crippen LogP contribution in [0.5, 0.6) is 0 Å². The summed E-state index contributed by atoms with van der Waals surface area (Å²) in [4.78, 5) is 0. The Morgan fingerprint density at radius 2 is 1.69 bits per heavy atom. The van der Waals surface area contributed by atoms with E-state index in [9.17, 15) is 5.11 Å². The largest absolute Gasteiger partial charge is 0.396 e. The molecular weight excluding hydrogens is 160 g/mol. The second-order valence-electron chi connectivity index (χ2n) is 5.52. The van der Waals surface area contributed by atoms with Crippen LogP contribution in [0.3, 0.4) is 0 Å². The molecule has 0 amide bonds. The molecule has 13 heavy (non-hydrogen) atoms. The number of aliphatic hydroxyl groups is 1. The SMILES string of the molecule is CC(C)C(C)(C)C1(CO)CCCC1. The molecule has 0 aliphatic heterocycles. The lowest BCUT2D eigenvalue weighted by molar-refractivity contribution is -0.0225. The van der Waals surface area contributed by atoms with Gasteiger partial charge in [0.2, 0.25) is 0 Å². The summed E-state index contributed by atoms with van der Waals surface area (Å²) in [5.41, 5.74) is 0.486. The highest BCUT2D eigenvalue weighted by Crippen LogP contribution is 2.54. The van der Waals surface area contributed by atoms with E-state index >= 15 is 0 Å². The van der Waals surface area contributed by atoms with Gasteiger partial charge in [0.15, 0.2) is 0 Å². The van der Waals surface area contributed by atoms with Gasteiger partial charge in [0, 0.05) is 6.61 Å². The first-order valence-corrected chi connectivity index (χ1v) is 5.57. The minimum absolute atomic E-state index is 0.209. The van der Waals surface area contributed by atoms with Gasteiger partial charge in [-0.1, -0.05) is 40.5 Å². The Labute approximate surface area is 82.5 Å². The van der Waals surface area contributed by atoms with E-state index in [1.54, 1.807) is 0 Å². The van der Waals surface area contributed by atoms with Crippen molar-refractivity contribution in [2.24, 2.45) is 16.7 Å². The molecule has 0 aromatic rings. The molecule has 1 nitrogen and oxygen atoms in total. The summed E-state index contributed by atoms with van der Waals surface area (Å²) in [5, 5.41) is 9.60. The van der Waals surface area contributed by atoms with Crippen molar-refractivity contribution in [3.8, 4) is 0 Å². The van der Waals surface area contributed by atoms with Gasteiger partial charge < -0.3 is 5.11 Å². The summed E-state index contributed by atoms with van der Waals surface area (Å²) >= 11 is 0. The van der Waals surface area contributed by atoms with Crippen molar-refractivity contribution < 1.29 is 5.11 Å². The van der Waals surface area contributed by atoms with Crippen molar-refractivity contribution in [1.29, 1.82) is 0 Å². The Balaban J connectivity index is 2.86. The van der Waals surface area contributed by atoms with Crippen LogP contribution in [0.4, 0.5) is 0 Å². The quantitative estimate of drug-likeness (QED) is 0.714. The van der Waals surface area contributed by atoms with E-state index in [1.165, 1.54) is 25.7 Å². The van der Waals surface area contributed by atoms with Crippen molar-refractivity contribution in [3.63, 3.8) is 0 Å². The third-order valence-electron chi connectivity index (χ3n) is 4.67. The van der Waals surface area contributed by atoms with E-state index in [2.05, 4.69) is 27.7 Å². The lowest BCUT2D eigenvalue weighted by Crippen LogP contribution is -2.42. The number of hydrogen-bond donors (Lipinski definition) is 1. The van der Waals surface area contributed by atoms with Crippen LogP contribution in [0.2, 0.25) is 0 Å². The average molecular weight is 184 g/mol. The van der Waals surface area contributed by atoms with E-state index < -0.39 is 0 Å². The van der Waals surface area contributed by atoms with Crippen molar-refractivity contribution in [2.75, 3.05) is 6.61 Å². The maximum absolute atomic E-state index is 9.60. The summed E-state index contributed by atoms with van der Waals surface area (Å²) in [6, 6.07) is 0. The fourth-order valence-electron chi connectivity index (χ4n) is 2.67. The van der Waals surface area contributed by atoms with Gasteiger partial charge in [0.05, 0.1) is 0 Å². The monoisotopic (exact) mass is 184 g/mol. The van der Waals surface area contributed by atoms with Crippen molar-refractivity contribution in [3.05, 3.63) is 0 Å². The van der Waals surface area contributed by atoms with Crippen LogP contribution < -0.4 is 0 Å². The van der Waals surface area contributed by atoms with Crippen LogP contribution in [0.1, 0.15) is 53.4 Å².